The molecular weight excluding hydrogens is 368 g/mol. The fourth-order valence-corrected chi connectivity index (χ4v) is 3.06. The van der Waals surface area contributed by atoms with Gasteiger partial charge in [0.25, 0.3) is 0 Å². The average molecular weight is 403 g/mol. The van der Waals surface area contributed by atoms with E-state index in [1.165, 1.54) is 0 Å². The Labute approximate surface area is 173 Å². The smallest absolute Gasteiger partial charge is 0.242 e. The SMILES string of the molecule is CCCCN(CCCC)C(=O)Cn1c(C(=O)C(C)(C)C)nc2ncc(OC)cc21. The number of carbonyl (C=O) groups excluding carboxylic acids is 2. The highest BCUT2D eigenvalue weighted by Crippen LogP contribution is 2.25. The first kappa shape index (κ1) is 22.8. The number of Topliss-reactive ketones (excluding diaryl/α,β-unsaturated/α-hetero) is 1. The highest BCUT2D eigenvalue weighted by Gasteiger charge is 2.30. The van der Waals surface area contributed by atoms with E-state index in [2.05, 4.69) is 23.8 Å². The Morgan fingerprint density at radius 1 is 1.14 bits per heavy atom. The Bertz CT molecular complexity index is 844. The van der Waals surface area contributed by atoms with Gasteiger partial charge in [0.05, 0.1) is 18.8 Å². The number of amides is 1. The summed E-state index contributed by atoms with van der Waals surface area (Å²) in [5.74, 6) is 0.718. The van der Waals surface area contributed by atoms with Gasteiger partial charge in [-0.2, -0.15) is 0 Å². The number of aromatic nitrogens is 3. The molecule has 0 atom stereocenters. The first-order valence-electron chi connectivity index (χ1n) is 10.5. The van der Waals surface area contributed by atoms with E-state index < -0.39 is 5.41 Å². The van der Waals surface area contributed by atoms with Gasteiger partial charge in [-0.25, -0.2) is 9.97 Å². The molecule has 0 N–H and O–H groups in total. The average Bonchev–Trinajstić information content (AvgIpc) is 3.03. The third-order valence-electron chi connectivity index (χ3n) is 4.91. The van der Waals surface area contributed by atoms with E-state index in [9.17, 15) is 9.59 Å². The van der Waals surface area contributed by atoms with E-state index in [1.54, 1.807) is 23.9 Å². The molecular formula is C22H34N4O3. The number of rotatable bonds is 10. The van der Waals surface area contributed by atoms with Crippen LogP contribution in [0.1, 0.15) is 70.9 Å². The van der Waals surface area contributed by atoms with Crippen LogP contribution in [0.25, 0.3) is 11.2 Å². The second-order valence-corrected chi connectivity index (χ2v) is 8.41. The van der Waals surface area contributed by atoms with Crippen LogP contribution in [0.5, 0.6) is 5.75 Å². The highest BCUT2D eigenvalue weighted by atomic mass is 16.5. The number of carbonyl (C=O) groups is 2. The lowest BCUT2D eigenvalue weighted by Gasteiger charge is -2.24. The molecule has 0 aliphatic carbocycles. The number of unbranched alkanes of at least 4 members (excludes halogenated alkanes) is 2. The molecule has 0 fully saturated rings. The summed E-state index contributed by atoms with van der Waals surface area (Å²) < 4.78 is 6.99. The minimum Gasteiger partial charge on any atom is -0.495 e. The Kier molecular flexibility index (Phi) is 7.76. The molecule has 2 heterocycles. The Morgan fingerprint density at radius 2 is 1.76 bits per heavy atom. The van der Waals surface area contributed by atoms with Gasteiger partial charge in [-0.15, -0.1) is 0 Å². The zero-order chi connectivity index (χ0) is 21.6. The summed E-state index contributed by atoms with van der Waals surface area (Å²) in [6.07, 6.45) is 5.55. The van der Waals surface area contributed by atoms with Gasteiger partial charge in [0.1, 0.15) is 12.3 Å². The van der Waals surface area contributed by atoms with E-state index in [0.717, 1.165) is 38.8 Å². The van der Waals surface area contributed by atoms with Crippen LogP contribution in [0, 0.1) is 5.41 Å². The first-order valence-corrected chi connectivity index (χ1v) is 10.5. The van der Waals surface area contributed by atoms with E-state index in [1.807, 2.05) is 25.7 Å². The third-order valence-corrected chi connectivity index (χ3v) is 4.91. The van der Waals surface area contributed by atoms with Gasteiger partial charge in [-0.1, -0.05) is 47.5 Å². The van der Waals surface area contributed by atoms with Crippen molar-refractivity contribution in [1.82, 2.24) is 19.4 Å². The van der Waals surface area contributed by atoms with Crippen LogP contribution in [0.3, 0.4) is 0 Å². The van der Waals surface area contributed by atoms with Crippen LogP contribution in [0.15, 0.2) is 12.3 Å². The van der Waals surface area contributed by atoms with Gasteiger partial charge in [0.15, 0.2) is 11.5 Å². The number of pyridine rings is 1. The normalized spacial score (nSPS) is 11.7. The maximum atomic E-state index is 13.2. The molecule has 0 aliphatic rings. The fourth-order valence-electron chi connectivity index (χ4n) is 3.06. The fraction of sp³-hybridized carbons (Fsp3) is 0.636. The second-order valence-electron chi connectivity index (χ2n) is 8.41. The zero-order valence-corrected chi connectivity index (χ0v) is 18.6. The molecule has 2 aromatic heterocycles. The molecule has 0 aromatic carbocycles. The molecule has 29 heavy (non-hydrogen) atoms. The second kappa shape index (κ2) is 9.85. The van der Waals surface area contributed by atoms with Crippen LogP contribution in [0.4, 0.5) is 0 Å². The molecule has 0 saturated heterocycles. The zero-order valence-electron chi connectivity index (χ0n) is 18.6. The van der Waals surface area contributed by atoms with Crippen molar-refractivity contribution < 1.29 is 14.3 Å². The molecule has 7 nitrogen and oxygen atoms in total. The number of methoxy groups -OCH3 is 1. The number of ketones is 1. The highest BCUT2D eigenvalue weighted by molar-refractivity contribution is 6.00. The topological polar surface area (TPSA) is 77.3 Å². The quantitative estimate of drug-likeness (QED) is 0.559. The van der Waals surface area contributed by atoms with Crippen molar-refractivity contribution in [3.8, 4) is 5.75 Å². The molecule has 0 spiro atoms. The van der Waals surface area contributed by atoms with Gasteiger partial charge in [0.2, 0.25) is 11.7 Å². The number of nitrogens with zero attached hydrogens (tertiary/aromatic N) is 4. The number of ether oxygens (including phenoxy) is 1. The number of hydrogen-bond acceptors (Lipinski definition) is 5. The van der Waals surface area contributed by atoms with E-state index in [-0.39, 0.29) is 24.1 Å². The van der Waals surface area contributed by atoms with Gasteiger partial charge >= 0.3 is 0 Å². The Morgan fingerprint density at radius 3 is 2.28 bits per heavy atom. The summed E-state index contributed by atoms with van der Waals surface area (Å²) in [4.78, 5) is 36.9. The van der Waals surface area contributed by atoms with E-state index in [4.69, 9.17) is 4.74 Å². The molecule has 0 saturated carbocycles. The molecule has 2 rings (SSSR count). The van der Waals surface area contributed by atoms with Gasteiger partial charge in [-0.05, 0) is 12.8 Å². The summed E-state index contributed by atoms with van der Waals surface area (Å²) in [6.45, 7) is 11.3. The molecule has 2 aromatic rings. The third kappa shape index (κ3) is 5.55. The molecule has 0 bridgehead atoms. The van der Waals surface area contributed by atoms with Crippen molar-refractivity contribution in [1.29, 1.82) is 0 Å². The molecule has 7 heteroatoms. The summed E-state index contributed by atoms with van der Waals surface area (Å²) in [6, 6.07) is 1.78. The number of imidazole rings is 1. The number of fused-ring (bicyclic) bond motifs is 1. The lowest BCUT2D eigenvalue weighted by Crippen LogP contribution is -2.36. The minimum atomic E-state index is -0.615. The number of hydrogen-bond donors (Lipinski definition) is 0. The predicted molar refractivity (Wildman–Crippen MR) is 114 cm³/mol. The summed E-state index contributed by atoms with van der Waals surface area (Å²) >= 11 is 0. The van der Waals surface area contributed by atoms with E-state index >= 15 is 0 Å². The maximum absolute atomic E-state index is 13.2. The molecule has 0 radical (unpaired) electrons. The molecule has 0 aliphatic heterocycles. The van der Waals surface area contributed by atoms with Crippen LogP contribution in [-0.2, 0) is 11.3 Å². The van der Waals surface area contributed by atoms with Crippen molar-refractivity contribution >= 4 is 22.9 Å². The van der Waals surface area contributed by atoms with Crippen molar-refractivity contribution in [2.75, 3.05) is 20.2 Å². The minimum absolute atomic E-state index is 0.00280. The van der Waals surface area contributed by atoms with Crippen LogP contribution >= 0.6 is 0 Å². The summed E-state index contributed by atoms with van der Waals surface area (Å²) in [7, 11) is 1.56. The van der Waals surface area contributed by atoms with Gasteiger partial charge in [-0.3, -0.25) is 9.59 Å². The summed E-state index contributed by atoms with van der Waals surface area (Å²) in [5, 5.41) is 0. The largest absolute Gasteiger partial charge is 0.495 e. The van der Waals surface area contributed by atoms with Gasteiger partial charge in [0, 0.05) is 24.6 Å². The standard InChI is InChI=1S/C22H34N4O3/c1-7-9-11-25(12-10-8-2)18(27)15-26-17-13-16(29-6)14-23-20(17)24-21(26)19(28)22(3,4)5/h13-14H,7-12,15H2,1-6H3. The van der Waals surface area contributed by atoms with Crippen molar-refractivity contribution in [3.63, 3.8) is 0 Å². The van der Waals surface area contributed by atoms with Crippen molar-refractivity contribution in [3.05, 3.63) is 18.1 Å². The van der Waals surface area contributed by atoms with Crippen LogP contribution < -0.4 is 4.74 Å². The summed E-state index contributed by atoms with van der Waals surface area (Å²) in [5.41, 5.74) is 0.465. The van der Waals surface area contributed by atoms with Crippen LogP contribution in [-0.4, -0.2) is 51.3 Å². The van der Waals surface area contributed by atoms with Crippen LogP contribution in [0.2, 0.25) is 0 Å². The first-order chi connectivity index (χ1) is 13.7. The van der Waals surface area contributed by atoms with E-state index in [0.29, 0.717) is 16.9 Å². The maximum Gasteiger partial charge on any atom is 0.242 e. The van der Waals surface area contributed by atoms with Crippen molar-refractivity contribution in [2.45, 2.75) is 66.8 Å². The Balaban J connectivity index is 2.47. The molecule has 0 unspecified atom stereocenters. The predicted octanol–water partition coefficient (Wildman–Crippen LogP) is 4.10. The lowest BCUT2D eigenvalue weighted by molar-refractivity contribution is -0.132. The Hall–Kier alpha value is -2.44. The molecule has 1 amide bonds. The monoisotopic (exact) mass is 402 g/mol. The van der Waals surface area contributed by atoms with Crippen molar-refractivity contribution in [2.24, 2.45) is 5.41 Å². The molecule has 160 valence electrons. The van der Waals surface area contributed by atoms with Gasteiger partial charge < -0.3 is 14.2 Å². The lowest BCUT2D eigenvalue weighted by atomic mass is 9.90.